The highest BCUT2D eigenvalue weighted by molar-refractivity contribution is 6.77. The van der Waals surface area contributed by atoms with Gasteiger partial charge < -0.3 is 9.16 Å². The van der Waals surface area contributed by atoms with Crippen molar-refractivity contribution in [3.8, 4) is 0 Å². The smallest absolute Gasteiger partial charge is 0.200 e. The van der Waals surface area contributed by atoms with Gasteiger partial charge in [0.2, 0.25) is 8.32 Å². The Morgan fingerprint density at radius 1 is 0.960 bits per heavy atom. The zero-order valence-corrected chi connectivity index (χ0v) is 19.8. The third kappa shape index (κ3) is 6.07. The molecule has 0 N–H and O–H groups in total. The zero-order chi connectivity index (χ0) is 19.4. The molecule has 1 fully saturated rings. The van der Waals surface area contributed by atoms with Gasteiger partial charge in [-0.05, 0) is 55.7 Å². The van der Waals surface area contributed by atoms with Crippen LogP contribution in [0.1, 0.15) is 101 Å². The van der Waals surface area contributed by atoms with E-state index in [1.165, 1.54) is 12.8 Å². The van der Waals surface area contributed by atoms with E-state index in [-0.39, 0.29) is 11.7 Å². The summed E-state index contributed by atoms with van der Waals surface area (Å²) in [6, 6.07) is 0. The first-order valence-corrected chi connectivity index (χ1v) is 12.9. The van der Waals surface area contributed by atoms with Crippen molar-refractivity contribution in [3.05, 3.63) is 0 Å². The van der Waals surface area contributed by atoms with Crippen molar-refractivity contribution in [2.24, 2.45) is 5.92 Å². The van der Waals surface area contributed by atoms with E-state index in [2.05, 4.69) is 69.2 Å². The van der Waals surface area contributed by atoms with Gasteiger partial charge >= 0.3 is 0 Å². The molecule has 2 atom stereocenters. The van der Waals surface area contributed by atoms with E-state index >= 15 is 0 Å². The van der Waals surface area contributed by atoms with Gasteiger partial charge in [0.1, 0.15) is 0 Å². The van der Waals surface area contributed by atoms with Crippen LogP contribution in [0.25, 0.3) is 0 Å². The molecule has 0 saturated carbocycles. The summed E-state index contributed by atoms with van der Waals surface area (Å²) in [5, 5.41) is 0. The van der Waals surface area contributed by atoms with Crippen LogP contribution in [0.5, 0.6) is 0 Å². The summed E-state index contributed by atoms with van der Waals surface area (Å²) in [5.41, 5.74) is 1.91. The lowest BCUT2D eigenvalue weighted by atomic mass is 9.90. The molecule has 0 bridgehead atoms. The van der Waals surface area contributed by atoms with Crippen LogP contribution >= 0.6 is 0 Å². The SMILES string of the molecule is CC(C)CCC[C@@H]1OC(C)(C)CC[C@H]1O[Si](C(C)C)(C(C)C)C(C)C. The molecule has 1 aliphatic heterocycles. The van der Waals surface area contributed by atoms with Crippen molar-refractivity contribution in [3.63, 3.8) is 0 Å². The topological polar surface area (TPSA) is 18.5 Å². The Morgan fingerprint density at radius 3 is 1.92 bits per heavy atom. The number of ether oxygens (including phenoxy) is 1. The van der Waals surface area contributed by atoms with Gasteiger partial charge in [-0.3, -0.25) is 0 Å². The second-order valence-electron chi connectivity index (χ2n) is 10.3. The molecule has 1 saturated heterocycles. The molecular weight excluding hydrogens is 324 g/mol. The quantitative estimate of drug-likeness (QED) is 0.395. The molecule has 1 aliphatic rings. The number of hydrogen-bond acceptors (Lipinski definition) is 2. The minimum atomic E-state index is -1.84. The summed E-state index contributed by atoms with van der Waals surface area (Å²) in [7, 11) is -1.84. The minimum Gasteiger partial charge on any atom is -0.410 e. The van der Waals surface area contributed by atoms with Crippen molar-refractivity contribution < 1.29 is 9.16 Å². The standard InChI is InChI=1S/C22H46O2Si/c1-16(2)12-11-13-20-21(14-15-22(9,10)23-20)24-25(17(3)4,18(5)6)19(7)8/h16-21H,11-15H2,1-10H3/t20-,21+/m0/s1. The van der Waals surface area contributed by atoms with E-state index in [1.54, 1.807) is 0 Å². The highest BCUT2D eigenvalue weighted by atomic mass is 28.4. The molecule has 0 unspecified atom stereocenters. The maximum absolute atomic E-state index is 7.14. The predicted molar refractivity (Wildman–Crippen MR) is 113 cm³/mol. The third-order valence-corrected chi connectivity index (χ3v) is 12.4. The van der Waals surface area contributed by atoms with Gasteiger partial charge in [0.25, 0.3) is 0 Å². The number of hydrogen-bond donors (Lipinski definition) is 0. The molecule has 0 amide bonds. The first-order chi connectivity index (χ1) is 11.4. The Bertz CT molecular complexity index is 366. The van der Waals surface area contributed by atoms with E-state index in [9.17, 15) is 0 Å². The summed E-state index contributed by atoms with van der Waals surface area (Å²) in [4.78, 5) is 0. The monoisotopic (exact) mass is 370 g/mol. The molecule has 150 valence electrons. The minimum absolute atomic E-state index is 0.0000646. The average Bonchev–Trinajstić information content (AvgIpc) is 2.44. The Hall–Kier alpha value is 0.137. The van der Waals surface area contributed by atoms with Crippen LogP contribution in [0, 0.1) is 5.92 Å². The molecular formula is C22H46O2Si. The van der Waals surface area contributed by atoms with Gasteiger partial charge in [-0.25, -0.2) is 0 Å². The highest BCUT2D eigenvalue weighted by Crippen LogP contribution is 2.45. The van der Waals surface area contributed by atoms with Gasteiger partial charge in [-0.1, -0.05) is 68.2 Å². The van der Waals surface area contributed by atoms with Crippen molar-refractivity contribution in [1.82, 2.24) is 0 Å². The van der Waals surface area contributed by atoms with Crippen LogP contribution in [-0.2, 0) is 9.16 Å². The fourth-order valence-electron chi connectivity index (χ4n) is 5.00. The van der Waals surface area contributed by atoms with Crippen LogP contribution in [0.3, 0.4) is 0 Å². The fourth-order valence-corrected chi connectivity index (χ4v) is 10.6. The van der Waals surface area contributed by atoms with Gasteiger partial charge in [0.05, 0.1) is 17.8 Å². The maximum Gasteiger partial charge on any atom is 0.200 e. The molecule has 1 heterocycles. The third-order valence-electron chi connectivity index (χ3n) is 6.25. The summed E-state index contributed by atoms with van der Waals surface area (Å²) >= 11 is 0. The zero-order valence-electron chi connectivity index (χ0n) is 18.8. The molecule has 0 spiro atoms. The molecule has 0 aromatic carbocycles. The summed E-state index contributed by atoms with van der Waals surface area (Å²) in [6.45, 7) is 23.4. The van der Waals surface area contributed by atoms with E-state index in [0.717, 1.165) is 25.2 Å². The van der Waals surface area contributed by atoms with E-state index in [4.69, 9.17) is 9.16 Å². The van der Waals surface area contributed by atoms with Crippen LogP contribution in [0.15, 0.2) is 0 Å². The summed E-state index contributed by atoms with van der Waals surface area (Å²) in [5.74, 6) is 0.770. The van der Waals surface area contributed by atoms with Gasteiger partial charge in [-0.2, -0.15) is 0 Å². The van der Waals surface area contributed by atoms with E-state index < -0.39 is 8.32 Å². The van der Waals surface area contributed by atoms with Gasteiger partial charge in [0, 0.05) is 0 Å². The Balaban J connectivity index is 2.96. The summed E-state index contributed by atoms with van der Waals surface area (Å²) in [6.07, 6.45) is 6.50. The van der Waals surface area contributed by atoms with E-state index in [1.807, 2.05) is 0 Å². The molecule has 0 aliphatic carbocycles. The Morgan fingerprint density at radius 2 is 1.48 bits per heavy atom. The van der Waals surface area contributed by atoms with E-state index in [0.29, 0.717) is 22.7 Å². The first-order valence-electron chi connectivity index (χ1n) is 10.8. The molecule has 1 rings (SSSR count). The maximum atomic E-state index is 7.14. The lowest BCUT2D eigenvalue weighted by Gasteiger charge is -2.49. The van der Waals surface area contributed by atoms with Gasteiger partial charge in [-0.15, -0.1) is 0 Å². The molecule has 25 heavy (non-hydrogen) atoms. The molecule has 0 radical (unpaired) electrons. The average molecular weight is 371 g/mol. The normalized spacial score (nSPS) is 24.7. The molecule has 3 heteroatoms. The van der Waals surface area contributed by atoms with Crippen molar-refractivity contribution in [2.75, 3.05) is 0 Å². The lowest BCUT2D eigenvalue weighted by Crippen LogP contribution is -2.55. The lowest BCUT2D eigenvalue weighted by molar-refractivity contribution is -0.158. The highest BCUT2D eigenvalue weighted by Gasteiger charge is 2.49. The summed E-state index contributed by atoms with van der Waals surface area (Å²) < 4.78 is 13.7. The molecule has 0 aromatic rings. The first kappa shape index (κ1) is 23.2. The van der Waals surface area contributed by atoms with Crippen molar-refractivity contribution in [2.45, 2.75) is 136 Å². The Labute approximate surface area is 159 Å². The largest absolute Gasteiger partial charge is 0.410 e. The fraction of sp³-hybridized carbons (Fsp3) is 1.00. The predicted octanol–water partition coefficient (Wildman–Crippen LogP) is 7.33. The van der Waals surface area contributed by atoms with Crippen LogP contribution in [-0.4, -0.2) is 26.1 Å². The van der Waals surface area contributed by atoms with Gasteiger partial charge in [0.15, 0.2) is 0 Å². The van der Waals surface area contributed by atoms with Crippen molar-refractivity contribution in [1.29, 1.82) is 0 Å². The second-order valence-corrected chi connectivity index (χ2v) is 15.7. The van der Waals surface area contributed by atoms with Crippen molar-refractivity contribution >= 4 is 8.32 Å². The van der Waals surface area contributed by atoms with Crippen LogP contribution in [0.4, 0.5) is 0 Å². The molecule has 0 aromatic heterocycles. The Kier molecular flexibility index (Phi) is 8.69. The second kappa shape index (κ2) is 9.37. The molecule has 2 nitrogen and oxygen atoms in total. The van der Waals surface area contributed by atoms with Crippen LogP contribution in [0.2, 0.25) is 16.6 Å². The van der Waals surface area contributed by atoms with Crippen LogP contribution < -0.4 is 0 Å². The number of rotatable bonds is 9.